The third-order valence-electron chi connectivity index (χ3n) is 4.33. The second kappa shape index (κ2) is 6.17. The van der Waals surface area contributed by atoms with Crippen molar-refractivity contribution in [3.8, 4) is 0 Å². The molecule has 0 spiro atoms. The number of anilines is 1. The van der Waals surface area contributed by atoms with Crippen LogP contribution in [-0.4, -0.2) is 15.8 Å². The summed E-state index contributed by atoms with van der Waals surface area (Å²) in [6, 6.07) is 0.375. The molecule has 3 rings (SSSR count). The van der Waals surface area contributed by atoms with Crippen LogP contribution in [0.2, 0.25) is 5.02 Å². The Morgan fingerprint density at radius 2 is 1.90 bits per heavy atom. The van der Waals surface area contributed by atoms with Gasteiger partial charge in [-0.1, -0.05) is 37.3 Å². The molecule has 0 unspecified atom stereocenters. The maximum absolute atomic E-state index is 12.5. The summed E-state index contributed by atoms with van der Waals surface area (Å²) in [5.41, 5.74) is 0.489. The standard InChI is InChI=1S/C15H22ClN3O/c16-13-9-17-19(10-11-7-8-11)15(20)14(13)18-12-5-3-1-2-4-6-12/h9,11-12,18H,1-8,10H2. The van der Waals surface area contributed by atoms with Crippen molar-refractivity contribution >= 4 is 17.3 Å². The molecule has 0 amide bonds. The number of halogens is 1. The summed E-state index contributed by atoms with van der Waals surface area (Å²) < 4.78 is 1.57. The molecule has 0 atom stereocenters. The molecule has 1 aromatic heterocycles. The number of rotatable bonds is 4. The van der Waals surface area contributed by atoms with E-state index in [0.717, 1.165) is 19.4 Å². The third-order valence-corrected chi connectivity index (χ3v) is 4.62. The van der Waals surface area contributed by atoms with Gasteiger partial charge in [-0.25, -0.2) is 4.68 Å². The lowest BCUT2D eigenvalue weighted by atomic mass is 10.1. The Balaban J connectivity index is 1.77. The van der Waals surface area contributed by atoms with Crippen molar-refractivity contribution < 1.29 is 0 Å². The van der Waals surface area contributed by atoms with Gasteiger partial charge < -0.3 is 5.32 Å². The molecule has 5 heteroatoms. The molecule has 1 N–H and O–H groups in total. The number of hydrogen-bond donors (Lipinski definition) is 1. The van der Waals surface area contributed by atoms with Crippen molar-refractivity contribution in [1.82, 2.24) is 9.78 Å². The minimum Gasteiger partial charge on any atom is -0.377 e. The Morgan fingerprint density at radius 1 is 1.20 bits per heavy atom. The quantitative estimate of drug-likeness (QED) is 0.866. The molecule has 0 radical (unpaired) electrons. The van der Waals surface area contributed by atoms with E-state index in [-0.39, 0.29) is 5.56 Å². The van der Waals surface area contributed by atoms with Crippen LogP contribution in [0.25, 0.3) is 0 Å². The maximum atomic E-state index is 12.5. The van der Waals surface area contributed by atoms with Gasteiger partial charge in [-0.05, 0) is 31.6 Å². The molecule has 20 heavy (non-hydrogen) atoms. The third kappa shape index (κ3) is 3.35. The van der Waals surface area contributed by atoms with Crippen LogP contribution in [0.3, 0.4) is 0 Å². The molecule has 4 nitrogen and oxygen atoms in total. The van der Waals surface area contributed by atoms with Crippen molar-refractivity contribution in [2.75, 3.05) is 5.32 Å². The van der Waals surface area contributed by atoms with Crippen LogP contribution >= 0.6 is 11.6 Å². The van der Waals surface area contributed by atoms with Crippen LogP contribution in [0, 0.1) is 5.92 Å². The van der Waals surface area contributed by atoms with Crippen LogP contribution < -0.4 is 10.9 Å². The van der Waals surface area contributed by atoms with E-state index < -0.39 is 0 Å². The first-order valence-corrected chi connectivity index (χ1v) is 8.14. The zero-order valence-electron chi connectivity index (χ0n) is 11.8. The van der Waals surface area contributed by atoms with Crippen LogP contribution in [0.1, 0.15) is 51.4 Å². The summed E-state index contributed by atoms with van der Waals surface area (Å²) in [5, 5.41) is 8.00. The van der Waals surface area contributed by atoms with Crippen LogP contribution in [0.4, 0.5) is 5.69 Å². The molecule has 2 fully saturated rings. The second-order valence-corrected chi connectivity index (χ2v) is 6.54. The van der Waals surface area contributed by atoms with Gasteiger partial charge in [0.25, 0.3) is 5.56 Å². The van der Waals surface area contributed by atoms with Gasteiger partial charge in [0.05, 0.1) is 11.2 Å². The number of aromatic nitrogens is 2. The van der Waals surface area contributed by atoms with Crippen molar-refractivity contribution in [2.45, 2.75) is 64.0 Å². The number of nitrogens with one attached hydrogen (secondary N) is 1. The molecular weight excluding hydrogens is 274 g/mol. The van der Waals surface area contributed by atoms with E-state index in [1.54, 1.807) is 10.9 Å². The first-order chi connectivity index (χ1) is 9.74. The number of nitrogens with zero attached hydrogens (tertiary/aromatic N) is 2. The zero-order chi connectivity index (χ0) is 13.9. The fourth-order valence-electron chi connectivity index (χ4n) is 2.90. The van der Waals surface area contributed by atoms with Gasteiger partial charge in [-0.2, -0.15) is 5.10 Å². The van der Waals surface area contributed by atoms with Crippen LogP contribution in [0.15, 0.2) is 11.0 Å². The van der Waals surface area contributed by atoms with Crippen molar-refractivity contribution in [3.63, 3.8) is 0 Å². The molecule has 2 aliphatic rings. The van der Waals surface area contributed by atoms with Crippen molar-refractivity contribution in [2.24, 2.45) is 5.92 Å². The molecule has 0 aliphatic heterocycles. The molecule has 2 saturated carbocycles. The van der Waals surface area contributed by atoms with Crippen LogP contribution in [-0.2, 0) is 6.54 Å². The van der Waals surface area contributed by atoms with Crippen LogP contribution in [0.5, 0.6) is 0 Å². The van der Waals surface area contributed by atoms with Gasteiger partial charge in [-0.3, -0.25) is 4.79 Å². The molecule has 1 aromatic rings. The summed E-state index contributed by atoms with van der Waals surface area (Å²) in [4.78, 5) is 12.5. The Kier molecular flexibility index (Phi) is 4.29. The topological polar surface area (TPSA) is 46.9 Å². The molecule has 2 aliphatic carbocycles. The highest BCUT2D eigenvalue weighted by atomic mass is 35.5. The van der Waals surface area contributed by atoms with Gasteiger partial charge in [-0.15, -0.1) is 0 Å². The van der Waals surface area contributed by atoms with E-state index in [4.69, 9.17) is 11.6 Å². The smallest absolute Gasteiger partial charge is 0.291 e. The summed E-state index contributed by atoms with van der Waals surface area (Å²) in [6.07, 6.45) is 11.3. The molecule has 0 bridgehead atoms. The second-order valence-electron chi connectivity index (χ2n) is 6.13. The van der Waals surface area contributed by atoms with E-state index in [9.17, 15) is 4.79 Å². The average Bonchev–Trinajstić information content (AvgIpc) is 3.25. The van der Waals surface area contributed by atoms with Gasteiger partial charge in [0.15, 0.2) is 0 Å². The lowest BCUT2D eigenvalue weighted by Crippen LogP contribution is -2.30. The highest BCUT2D eigenvalue weighted by Gasteiger charge is 2.24. The van der Waals surface area contributed by atoms with Gasteiger partial charge >= 0.3 is 0 Å². The van der Waals surface area contributed by atoms with Gasteiger partial charge in [0.1, 0.15) is 5.69 Å². The van der Waals surface area contributed by atoms with Crippen molar-refractivity contribution in [3.05, 3.63) is 21.6 Å². The fourth-order valence-corrected chi connectivity index (χ4v) is 3.08. The van der Waals surface area contributed by atoms with E-state index in [1.165, 1.54) is 38.5 Å². The van der Waals surface area contributed by atoms with E-state index >= 15 is 0 Å². The van der Waals surface area contributed by atoms with E-state index in [2.05, 4.69) is 10.4 Å². The lowest BCUT2D eigenvalue weighted by Gasteiger charge is -2.18. The predicted molar refractivity (Wildman–Crippen MR) is 81.3 cm³/mol. The zero-order valence-corrected chi connectivity index (χ0v) is 12.5. The summed E-state index contributed by atoms with van der Waals surface area (Å²) >= 11 is 6.18. The Bertz CT molecular complexity index is 516. The van der Waals surface area contributed by atoms with Gasteiger partial charge in [0, 0.05) is 12.6 Å². The van der Waals surface area contributed by atoms with E-state index in [0.29, 0.717) is 22.7 Å². The molecule has 0 saturated heterocycles. The first kappa shape index (κ1) is 13.9. The Labute approximate surface area is 124 Å². The average molecular weight is 296 g/mol. The SMILES string of the molecule is O=c1c(NC2CCCCCC2)c(Cl)cnn1CC1CC1. The summed E-state index contributed by atoms with van der Waals surface area (Å²) in [6.45, 7) is 0.731. The number of hydrogen-bond acceptors (Lipinski definition) is 3. The molecule has 1 heterocycles. The van der Waals surface area contributed by atoms with Gasteiger partial charge in [0.2, 0.25) is 0 Å². The summed E-state index contributed by atoms with van der Waals surface area (Å²) in [5.74, 6) is 0.632. The normalized spacial score (nSPS) is 20.6. The Morgan fingerprint density at radius 3 is 2.55 bits per heavy atom. The minimum absolute atomic E-state index is 0.0614. The molecular formula is C15H22ClN3O. The molecule has 110 valence electrons. The highest BCUT2D eigenvalue weighted by molar-refractivity contribution is 6.33. The minimum atomic E-state index is -0.0614. The monoisotopic (exact) mass is 295 g/mol. The largest absolute Gasteiger partial charge is 0.377 e. The van der Waals surface area contributed by atoms with Crippen molar-refractivity contribution in [1.29, 1.82) is 0 Å². The molecule has 0 aromatic carbocycles. The maximum Gasteiger partial charge on any atom is 0.291 e. The summed E-state index contributed by atoms with van der Waals surface area (Å²) in [7, 11) is 0. The first-order valence-electron chi connectivity index (χ1n) is 7.76. The fraction of sp³-hybridized carbons (Fsp3) is 0.733. The van der Waals surface area contributed by atoms with E-state index in [1.807, 2.05) is 0 Å². The Hall–Kier alpha value is -1.03. The lowest BCUT2D eigenvalue weighted by molar-refractivity contribution is 0.532. The highest BCUT2D eigenvalue weighted by Crippen LogP contribution is 2.30. The predicted octanol–water partition coefficient (Wildman–Crippen LogP) is 3.44.